The number of carbonyl (C=O) groups excluding carboxylic acids is 2. The molecule has 1 aliphatic rings. The number of benzene rings is 2. The number of nitrogens with one attached hydrogen (secondary N) is 1. The van der Waals surface area contributed by atoms with E-state index in [1.807, 2.05) is 30.3 Å². The molecule has 0 saturated carbocycles. The molecule has 8 heteroatoms. The van der Waals surface area contributed by atoms with Crippen LogP contribution in [0.2, 0.25) is 0 Å². The highest BCUT2D eigenvalue weighted by atomic mass is 32.2. The van der Waals surface area contributed by atoms with Gasteiger partial charge >= 0.3 is 5.51 Å². The van der Waals surface area contributed by atoms with Crippen molar-refractivity contribution in [3.8, 4) is 0 Å². The molecule has 30 heavy (non-hydrogen) atoms. The molecule has 4 nitrogen and oxygen atoms in total. The van der Waals surface area contributed by atoms with Gasteiger partial charge in [-0.3, -0.25) is 9.59 Å². The molecule has 0 radical (unpaired) electrons. The molecule has 2 aromatic rings. The third kappa shape index (κ3) is 6.66. The van der Waals surface area contributed by atoms with Gasteiger partial charge in [-0.05, 0) is 47.5 Å². The molecule has 1 N–H and O–H groups in total. The topological polar surface area (TPSA) is 49.4 Å². The van der Waals surface area contributed by atoms with Crippen LogP contribution in [0.5, 0.6) is 0 Å². The lowest BCUT2D eigenvalue weighted by molar-refractivity contribution is -0.128. The number of thioether (sulfide) groups is 1. The predicted octanol–water partition coefficient (Wildman–Crippen LogP) is 4.79. The van der Waals surface area contributed by atoms with E-state index in [0.717, 1.165) is 12.0 Å². The van der Waals surface area contributed by atoms with Crippen molar-refractivity contribution >= 4 is 29.7 Å². The summed E-state index contributed by atoms with van der Waals surface area (Å²) in [5.74, 6) is -0.262. The average molecular weight is 434 g/mol. The van der Waals surface area contributed by atoms with E-state index in [1.165, 1.54) is 30.3 Å². The Morgan fingerprint density at radius 3 is 2.43 bits per heavy atom. The first kappa shape index (κ1) is 22.0. The van der Waals surface area contributed by atoms with Crippen LogP contribution in [0.15, 0.2) is 65.6 Å². The maximum absolute atomic E-state index is 12.5. The Bertz CT molecular complexity index is 899. The Labute approximate surface area is 177 Å². The van der Waals surface area contributed by atoms with Gasteiger partial charge in [-0.1, -0.05) is 42.5 Å². The highest BCUT2D eigenvalue weighted by Crippen LogP contribution is 2.36. The van der Waals surface area contributed by atoms with Crippen molar-refractivity contribution in [3.63, 3.8) is 0 Å². The van der Waals surface area contributed by atoms with Gasteiger partial charge in [-0.15, -0.1) is 0 Å². The van der Waals surface area contributed by atoms with Crippen molar-refractivity contribution in [2.24, 2.45) is 0 Å². The molecule has 158 valence electrons. The standard InChI is InChI=1S/C22H21F3N2O2S/c23-22(24,25)30-18-11-8-16(9-12-18)10-13-20(28)26-19(17-5-2-1-3-6-17)15-27-14-4-7-21(27)29/h1-3,5-6,8-13,19H,4,7,14-15H2,(H,26,28)/b13-10+. The van der Waals surface area contributed by atoms with Crippen molar-refractivity contribution in [1.29, 1.82) is 0 Å². The number of alkyl halides is 3. The first-order chi connectivity index (χ1) is 14.3. The number of hydrogen-bond donors (Lipinski definition) is 1. The molecule has 1 unspecified atom stereocenters. The smallest absolute Gasteiger partial charge is 0.344 e. The summed E-state index contributed by atoms with van der Waals surface area (Å²) in [6.45, 7) is 1.07. The molecule has 1 aliphatic heterocycles. The average Bonchev–Trinajstić information content (AvgIpc) is 3.11. The van der Waals surface area contributed by atoms with Crippen LogP contribution in [0.1, 0.15) is 30.0 Å². The zero-order valence-corrected chi connectivity index (χ0v) is 16.9. The van der Waals surface area contributed by atoms with Crippen LogP contribution >= 0.6 is 11.8 Å². The largest absolute Gasteiger partial charge is 0.446 e. The Kier molecular flexibility index (Phi) is 7.20. The fourth-order valence-corrected chi connectivity index (χ4v) is 3.75. The molecule has 2 aromatic carbocycles. The number of rotatable bonds is 7. The summed E-state index contributed by atoms with van der Waals surface area (Å²) < 4.78 is 37.2. The predicted molar refractivity (Wildman–Crippen MR) is 111 cm³/mol. The second kappa shape index (κ2) is 9.84. The van der Waals surface area contributed by atoms with Gasteiger partial charge in [0.05, 0.1) is 6.04 Å². The Morgan fingerprint density at radius 2 is 1.83 bits per heavy atom. The van der Waals surface area contributed by atoms with E-state index in [4.69, 9.17) is 0 Å². The SMILES string of the molecule is O=C(/C=C/c1ccc(SC(F)(F)F)cc1)NC(CN1CCCC1=O)c1ccccc1. The molecule has 0 aliphatic carbocycles. The molecular weight excluding hydrogens is 413 g/mol. The van der Waals surface area contributed by atoms with Crippen molar-refractivity contribution < 1.29 is 22.8 Å². The highest BCUT2D eigenvalue weighted by molar-refractivity contribution is 8.00. The monoisotopic (exact) mass is 434 g/mol. The second-order valence-electron chi connectivity index (χ2n) is 6.87. The molecule has 2 amide bonds. The van der Waals surface area contributed by atoms with Crippen molar-refractivity contribution in [2.75, 3.05) is 13.1 Å². The molecule has 1 heterocycles. The summed E-state index contributed by atoms with van der Waals surface area (Å²) in [5, 5.41) is 2.92. The highest BCUT2D eigenvalue weighted by Gasteiger charge is 2.29. The van der Waals surface area contributed by atoms with Gasteiger partial charge in [0.2, 0.25) is 11.8 Å². The van der Waals surface area contributed by atoms with E-state index in [1.54, 1.807) is 11.0 Å². The zero-order chi connectivity index (χ0) is 21.6. The van der Waals surface area contributed by atoms with Crippen molar-refractivity contribution in [3.05, 3.63) is 71.8 Å². The van der Waals surface area contributed by atoms with E-state index in [2.05, 4.69) is 5.32 Å². The van der Waals surface area contributed by atoms with E-state index in [0.29, 0.717) is 25.1 Å². The van der Waals surface area contributed by atoms with Gasteiger partial charge in [0.1, 0.15) is 0 Å². The summed E-state index contributed by atoms with van der Waals surface area (Å²) in [6, 6.07) is 14.8. The molecular formula is C22H21F3N2O2S. The zero-order valence-electron chi connectivity index (χ0n) is 16.1. The number of likely N-dealkylation sites (tertiary alicyclic amines) is 1. The van der Waals surface area contributed by atoms with Gasteiger partial charge in [-0.25, -0.2) is 0 Å². The van der Waals surface area contributed by atoms with Crippen LogP contribution in [0.25, 0.3) is 6.08 Å². The molecule has 0 spiro atoms. The van der Waals surface area contributed by atoms with Crippen molar-refractivity contribution in [1.82, 2.24) is 10.2 Å². The fraction of sp³-hybridized carbons (Fsp3) is 0.273. The lowest BCUT2D eigenvalue weighted by Gasteiger charge is -2.24. The summed E-state index contributed by atoms with van der Waals surface area (Å²) in [6.07, 6.45) is 4.23. The molecule has 1 fully saturated rings. The van der Waals surface area contributed by atoms with Crippen molar-refractivity contribution in [2.45, 2.75) is 29.3 Å². The third-order valence-electron chi connectivity index (χ3n) is 4.63. The number of halogens is 3. The van der Waals surface area contributed by atoms with Gasteiger partial charge in [0, 0.05) is 30.5 Å². The quantitative estimate of drug-likeness (QED) is 0.504. The van der Waals surface area contributed by atoms with Gasteiger partial charge in [-0.2, -0.15) is 13.2 Å². The first-order valence-electron chi connectivity index (χ1n) is 9.47. The van der Waals surface area contributed by atoms with Crippen LogP contribution < -0.4 is 5.32 Å². The number of amides is 2. The molecule has 1 saturated heterocycles. The summed E-state index contributed by atoms with van der Waals surface area (Å²) in [7, 11) is 0. The fourth-order valence-electron chi connectivity index (χ4n) is 3.21. The summed E-state index contributed by atoms with van der Waals surface area (Å²) >= 11 is -0.181. The summed E-state index contributed by atoms with van der Waals surface area (Å²) in [4.78, 5) is 26.3. The minimum Gasteiger partial charge on any atom is -0.344 e. The number of nitrogens with zero attached hydrogens (tertiary/aromatic N) is 1. The van der Waals surface area contributed by atoms with Crippen LogP contribution in [-0.2, 0) is 9.59 Å². The summed E-state index contributed by atoms with van der Waals surface area (Å²) in [5.41, 5.74) is -2.82. The number of hydrogen-bond acceptors (Lipinski definition) is 3. The number of carbonyl (C=O) groups is 2. The van der Waals surface area contributed by atoms with Gasteiger partial charge < -0.3 is 10.2 Å². The maximum atomic E-state index is 12.5. The second-order valence-corrected chi connectivity index (χ2v) is 8.00. The van der Waals surface area contributed by atoms with E-state index < -0.39 is 5.51 Å². The molecule has 3 rings (SSSR count). The normalized spacial score (nSPS) is 15.6. The molecule has 0 bridgehead atoms. The van der Waals surface area contributed by atoms with Crippen LogP contribution in [0.4, 0.5) is 13.2 Å². The van der Waals surface area contributed by atoms with Gasteiger partial charge in [0.15, 0.2) is 0 Å². The maximum Gasteiger partial charge on any atom is 0.446 e. The van der Waals surface area contributed by atoms with Crippen LogP contribution in [-0.4, -0.2) is 35.3 Å². The lowest BCUT2D eigenvalue weighted by Crippen LogP contribution is -2.38. The Hall–Kier alpha value is -2.74. The van der Waals surface area contributed by atoms with Crippen LogP contribution in [0.3, 0.4) is 0 Å². The third-order valence-corrected chi connectivity index (χ3v) is 5.37. The molecule has 1 atom stereocenters. The lowest BCUT2D eigenvalue weighted by atomic mass is 10.1. The van der Waals surface area contributed by atoms with E-state index in [9.17, 15) is 22.8 Å². The van der Waals surface area contributed by atoms with E-state index >= 15 is 0 Å². The van der Waals surface area contributed by atoms with Crippen LogP contribution in [0, 0.1) is 0 Å². The minimum atomic E-state index is -4.33. The Morgan fingerprint density at radius 1 is 1.13 bits per heavy atom. The minimum absolute atomic E-state index is 0.0811. The first-order valence-corrected chi connectivity index (χ1v) is 10.3. The van der Waals surface area contributed by atoms with E-state index in [-0.39, 0.29) is 34.5 Å². The Balaban J connectivity index is 1.64. The molecule has 0 aromatic heterocycles. The van der Waals surface area contributed by atoms with Gasteiger partial charge in [0.25, 0.3) is 0 Å².